The molecule has 0 bridgehead atoms. The van der Waals surface area contributed by atoms with Crippen molar-refractivity contribution in [3.8, 4) is 17.4 Å². The summed E-state index contributed by atoms with van der Waals surface area (Å²) in [7, 11) is 0. The van der Waals surface area contributed by atoms with E-state index in [1.807, 2.05) is 12.1 Å². The van der Waals surface area contributed by atoms with Crippen LogP contribution in [-0.2, 0) is 0 Å². The number of hydrazone groups is 1. The van der Waals surface area contributed by atoms with Crippen LogP contribution in [0.3, 0.4) is 0 Å². The van der Waals surface area contributed by atoms with Gasteiger partial charge in [-0.15, -0.1) is 0 Å². The van der Waals surface area contributed by atoms with E-state index in [9.17, 15) is 0 Å². The number of oxazole rings is 1. The predicted molar refractivity (Wildman–Crippen MR) is 91.3 cm³/mol. The van der Waals surface area contributed by atoms with Gasteiger partial charge in [-0.3, -0.25) is 0 Å². The molecule has 0 atom stereocenters. The van der Waals surface area contributed by atoms with Crippen molar-refractivity contribution >= 4 is 35.3 Å². The highest BCUT2D eigenvalue weighted by atomic mass is 35.5. The topological polar surface area (TPSA) is 87.4 Å². The van der Waals surface area contributed by atoms with Gasteiger partial charge < -0.3 is 8.83 Å². The van der Waals surface area contributed by atoms with E-state index in [1.54, 1.807) is 31.2 Å². The minimum absolute atomic E-state index is 0.135. The summed E-state index contributed by atoms with van der Waals surface area (Å²) in [5.74, 6) is 1.61. The summed E-state index contributed by atoms with van der Waals surface area (Å²) in [6.45, 7) is 1.64. The van der Waals surface area contributed by atoms with Gasteiger partial charge in [-0.2, -0.15) is 10.4 Å². The first-order chi connectivity index (χ1) is 11.6. The summed E-state index contributed by atoms with van der Waals surface area (Å²) in [6, 6.07) is 10.7. The molecule has 0 amide bonds. The van der Waals surface area contributed by atoms with Crippen molar-refractivity contribution < 1.29 is 8.83 Å². The fourth-order valence-electron chi connectivity index (χ4n) is 1.99. The van der Waals surface area contributed by atoms with E-state index < -0.39 is 0 Å². The number of rotatable bonds is 4. The number of nitrogens with zero attached hydrogens (tertiary/aromatic N) is 3. The molecule has 2 aromatic heterocycles. The molecule has 0 aliphatic carbocycles. The number of nitriles is 1. The second kappa shape index (κ2) is 6.79. The Balaban J connectivity index is 1.77. The maximum atomic E-state index is 8.92. The van der Waals surface area contributed by atoms with Crippen LogP contribution < -0.4 is 5.43 Å². The second-order valence-electron chi connectivity index (χ2n) is 4.70. The fraction of sp³-hybridized carbons (Fsp3) is 0.0625. The molecule has 1 N–H and O–H groups in total. The maximum Gasteiger partial charge on any atom is 0.252 e. The molecule has 0 radical (unpaired) electrons. The highest BCUT2D eigenvalue weighted by molar-refractivity contribution is 6.43. The van der Waals surface area contributed by atoms with E-state index in [2.05, 4.69) is 15.5 Å². The Labute approximate surface area is 147 Å². The van der Waals surface area contributed by atoms with Crippen LogP contribution in [0.15, 0.2) is 44.3 Å². The average molecular weight is 361 g/mol. The Morgan fingerprint density at radius 2 is 2.08 bits per heavy atom. The molecule has 0 spiro atoms. The molecule has 3 aromatic rings. The molecule has 8 heteroatoms. The van der Waals surface area contributed by atoms with Crippen molar-refractivity contribution in [3.63, 3.8) is 0 Å². The Bertz CT molecular complexity index is 953. The largest absolute Gasteiger partial charge is 0.455 e. The van der Waals surface area contributed by atoms with Gasteiger partial charge in [0.15, 0.2) is 5.89 Å². The number of hydrogen-bond acceptors (Lipinski definition) is 6. The molecule has 0 saturated heterocycles. The highest BCUT2D eigenvalue weighted by Crippen LogP contribution is 2.34. The van der Waals surface area contributed by atoms with Crippen molar-refractivity contribution in [2.75, 3.05) is 5.43 Å². The lowest BCUT2D eigenvalue weighted by atomic mass is 10.2. The minimum Gasteiger partial charge on any atom is -0.455 e. The summed E-state index contributed by atoms with van der Waals surface area (Å²) < 4.78 is 10.9. The van der Waals surface area contributed by atoms with Gasteiger partial charge in [-0.25, -0.2) is 10.4 Å². The molecule has 120 valence electrons. The zero-order valence-electron chi connectivity index (χ0n) is 12.4. The first-order valence-electron chi connectivity index (χ1n) is 6.79. The van der Waals surface area contributed by atoms with E-state index in [1.165, 1.54) is 6.21 Å². The molecule has 6 nitrogen and oxygen atoms in total. The van der Waals surface area contributed by atoms with Crippen molar-refractivity contribution in [2.45, 2.75) is 6.92 Å². The molecule has 0 aliphatic heterocycles. The SMILES string of the molecule is Cc1nc(C#N)c(NN=Cc2ccc(-c3cccc(Cl)c3Cl)o2)o1. The van der Waals surface area contributed by atoms with Gasteiger partial charge in [0.05, 0.1) is 16.3 Å². The van der Waals surface area contributed by atoms with E-state index in [4.69, 9.17) is 37.3 Å². The quantitative estimate of drug-likeness (QED) is 0.529. The first kappa shape index (κ1) is 16.1. The zero-order valence-corrected chi connectivity index (χ0v) is 13.9. The van der Waals surface area contributed by atoms with Gasteiger partial charge in [-0.05, 0) is 24.3 Å². The first-order valence-corrected chi connectivity index (χ1v) is 7.55. The number of anilines is 1. The van der Waals surface area contributed by atoms with Crippen molar-refractivity contribution in [1.29, 1.82) is 5.26 Å². The van der Waals surface area contributed by atoms with E-state index in [0.717, 1.165) is 0 Å². The number of aromatic nitrogens is 1. The Morgan fingerprint density at radius 3 is 2.88 bits per heavy atom. The van der Waals surface area contributed by atoms with Gasteiger partial charge in [0.25, 0.3) is 5.88 Å². The van der Waals surface area contributed by atoms with Crippen LogP contribution in [0, 0.1) is 18.3 Å². The van der Waals surface area contributed by atoms with Gasteiger partial charge in [0, 0.05) is 12.5 Å². The third kappa shape index (κ3) is 3.27. The van der Waals surface area contributed by atoms with Crippen molar-refractivity contribution in [2.24, 2.45) is 5.10 Å². The van der Waals surface area contributed by atoms with Crippen LogP contribution >= 0.6 is 23.2 Å². The Kier molecular flexibility index (Phi) is 4.56. The molecule has 1 aromatic carbocycles. The summed E-state index contributed by atoms with van der Waals surface area (Å²) in [6.07, 6.45) is 1.45. The minimum atomic E-state index is 0.135. The summed E-state index contributed by atoms with van der Waals surface area (Å²) in [4.78, 5) is 3.90. The van der Waals surface area contributed by atoms with E-state index in [-0.39, 0.29) is 11.6 Å². The Morgan fingerprint density at radius 1 is 1.25 bits per heavy atom. The maximum absolute atomic E-state index is 8.92. The lowest BCUT2D eigenvalue weighted by molar-refractivity contribution is 0.533. The molecule has 2 heterocycles. The van der Waals surface area contributed by atoms with Crippen LogP contribution in [-0.4, -0.2) is 11.2 Å². The number of aryl methyl sites for hydroxylation is 1. The standard InChI is InChI=1S/C16H10Cl2N4O2/c1-9-21-13(7-19)16(23-9)22-20-8-10-5-6-14(24-10)11-3-2-4-12(17)15(11)18/h2-6,8,22H,1H3. The van der Waals surface area contributed by atoms with Gasteiger partial charge in [0.1, 0.15) is 17.6 Å². The monoisotopic (exact) mass is 360 g/mol. The lowest BCUT2D eigenvalue weighted by Crippen LogP contribution is -1.90. The van der Waals surface area contributed by atoms with Gasteiger partial charge in [-0.1, -0.05) is 29.3 Å². The zero-order chi connectivity index (χ0) is 17.1. The van der Waals surface area contributed by atoms with Crippen molar-refractivity contribution in [1.82, 2.24) is 4.98 Å². The summed E-state index contributed by atoms with van der Waals surface area (Å²) in [5, 5.41) is 13.8. The van der Waals surface area contributed by atoms with Gasteiger partial charge in [0.2, 0.25) is 5.69 Å². The molecule has 0 fully saturated rings. The number of halogens is 2. The smallest absolute Gasteiger partial charge is 0.252 e. The molecular formula is C16H10Cl2N4O2. The molecule has 0 saturated carbocycles. The van der Waals surface area contributed by atoms with E-state index >= 15 is 0 Å². The molecular weight excluding hydrogens is 351 g/mol. The summed E-state index contributed by atoms with van der Waals surface area (Å²) >= 11 is 12.2. The third-order valence-electron chi connectivity index (χ3n) is 3.04. The third-order valence-corrected chi connectivity index (χ3v) is 3.86. The predicted octanol–water partition coefficient (Wildman–Crippen LogP) is 4.87. The molecule has 0 aliphatic rings. The van der Waals surface area contributed by atoms with Crippen molar-refractivity contribution in [3.05, 3.63) is 57.7 Å². The normalized spacial score (nSPS) is 10.9. The molecule has 24 heavy (non-hydrogen) atoms. The van der Waals surface area contributed by atoms with Gasteiger partial charge >= 0.3 is 0 Å². The van der Waals surface area contributed by atoms with Crippen LogP contribution in [0.5, 0.6) is 0 Å². The van der Waals surface area contributed by atoms with Crippen LogP contribution in [0.25, 0.3) is 11.3 Å². The number of nitrogens with one attached hydrogen (secondary N) is 1. The Hall–Kier alpha value is -2.75. The second-order valence-corrected chi connectivity index (χ2v) is 5.48. The summed E-state index contributed by atoms with van der Waals surface area (Å²) in [5.41, 5.74) is 3.44. The molecule has 3 rings (SSSR count). The number of hydrogen-bond donors (Lipinski definition) is 1. The van der Waals surface area contributed by atoms with E-state index in [0.29, 0.717) is 33.0 Å². The highest BCUT2D eigenvalue weighted by Gasteiger charge is 2.11. The van der Waals surface area contributed by atoms with Crippen LogP contribution in [0.4, 0.5) is 5.88 Å². The number of furan rings is 1. The molecule has 0 unspecified atom stereocenters. The average Bonchev–Trinajstić information content (AvgIpc) is 3.16. The fourth-order valence-corrected chi connectivity index (χ4v) is 2.39. The lowest BCUT2D eigenvalue weighted by Gasteiger charge is -2.01. The van der Waals surface area contributed by atoms with Crippen LogP contribution in [0.2, 0.25) is 10.0 Å². The number of benzene rings is 1. The van der Waals surface area contributed by atoms with Crippen LogP contribution in [0.1, 0.15) is 17.3 Å².